The fourth-order valence-corrected chi connectivity index (χ4v) is 2.72. The summed E-state index contributed by atoms with van der Waals surface area (Å²) in [5.41, 5.74) is 2.29. The minimum Gasteiger partial charge on any atom is -0.358 e. The molecule has 0 spiro atoms. The predicted molar refractivity (Wildman–Crippen MR) is 81.7 cm³/mol. The molecule has 114 valence electrons. The summed E-state index contributed by atoms with van der Waals surface area (Å²) in [5.74, 6) is -0.0340. The van der Waals surface area contributed by atoms with Crippen LogP contribution >= 0.6 is 0 Å². The minimum absolute atomic E-state index is 0.000737. The highest BCUT2D eigenvalue weighted by Crippen LogP contribution is 2.16. The van der Waals surface area contributed by atoms with Gasteiger partial charge in [-0.2, -0.15) is 0 Å². The van der Waals surface area contributed by atoms with Gasteiger partial charge in [0, 0.05) is 13.6 Å². The second-order valence-corrected chi connectivity index (χ2v) is 5.45. The zero-order chi connectivity index (χ0) is 15.2. The third-order valence-corrected chi connectivity index (χ3v) is 4.00. The molecule has 21 heavy (non-hydrogen) atoms. The van der Waals surface area contributed by atoms with Crippen molar-refractivity contribution in [2.24, 2.45) is 0 Å². The second-order valence-electron chi connectivity index (χ2n) is 5.45. The fraction of sp³-hybridized carbons (Fsp3) is 0.500. The molecule has 1 fully saturated rings. The van der Waals surface area contributed by atoms with Crippen LogP contribution in [0.2, 0.25) is 0 Å². The first-order valence-corrected chi connectivity index (χ1v) is 7.38. The van der Waals surface area contributed by atoms with E-state index in [1.807, 2.05) is 36.1 Å². The van der Waals surface area contributed by atoms with Crippen molar-refractivity contribution in [1.82, 2.24) is 15.5 Å². The van der Waals surface area contributed by atoms with Gasteiger partial charge < -0.3 is 10.6 Å². The van der Waals surface area contributed by atoms with Crippen LogP contribution in [0.25, 0.3) is 0 Å². The number of rotatable bonds is 5. The molecular weight excluding hydrogens is 266 g/mol. The maximum atomic E-state index is 12.1. The molecule has 1 aliphatic rings. The Kier molecular flexibility index (Phi) is 5.33. The van der Waals surface area contributed by atoms with E-state index in [9.17, 15) is 9.59 Å². The Labute approximate surface area is 125 Å². The maximum absolute atomic E-state index is 12.1. The van der Waals surface area contributed by atoms with E-state index in [0.717, 1.165) is 24.9 Å². The molecule has 5 heteroatoms. The van der Waals surface area contributed by atoms with Gasteiger partial charge in [-0.1, -0.05) is 24.3 Å². The van der Waals surface area contributed by atoms with Gasteiger partial charge in [-0.05, 0) is 37.4 Å². The summed E-state index contributed by atoms with van der Waals surface area (Å²) in [6.07, 6.45) is 1.79. The average Bonchev–Trinajstić information content (AvgIpc) is 2.93. The van der Waals surface area contributed by atoms with Crippen LogP contribution in [0.5, 0.6) is 0 Å². The first kappa shape index (κ1) is 15.5. The number of aryl methyl sites for hydroxylation is 1. The molecule has 1 aromatic carbocycles. The van der Waals surface area contributed by atoms with E-state index >= 15 is 0 Å². The number of amides is 2. The van der Waals surface area contributed by atoms with E-state index in [1.165, 1.54) is 5.56 Å². The van der Waals surface area contributed by atoms with Crippen LogP contribution < -0.4 is 10.6 Å². The molecule has 5 nitrogen and oxygen atoms in total. The van der Waals surface area contributed by atoms with Crippen LogP contribution in [0.3, 0.4) is 0 Å². The van der Waals surface area contributed by atoms with E-state index in [4.69, 9.17) is 0 Å². The highest BCUT2D eigenvalue weighted by atomic mass is 16.2. The van der Waals surface area contributed by atoms with E-state index in [2.05, 4.69) is 10.6 Å². The summed E-state index contributed by atoms with van der Waals surface area (Å²) in [6.45, 7) is 3.65. The van der Waals surface area contributed by atoms with E-state index in [1.54, 1.807) is 7.05 Å². The Morgan fingerprint density at radius 2 is 2.10 bits per heavy atom. The summed E-state index contributed by atoms with van der Waals surface area (Å²) < 4.78 is 0. The number of nitrogens with one attached hydrogen (secondary N) is 2. The van der Waals surface area contributed by atoms with Gasteiger partial charge in [-0.3, -0.25) is 14.5 Å². The first-order chi connectivity index (χ1) is 10.1. The SMILES string of the molecule is CNC(=O)[C@H]1CCCN1CC(=O)NCc1ccccc1C. The van der Waals surface area contributed by atoms with Crippen molar-refractivity contribution in [2.75, 3.05) is 20.1 Å². The van der Waals surface area contributed by atoms with Crippen molar-refractivity contribution in [3.63, 3.8) is 0 Å². The molecule has 2 N–H and O–H groups in total. The highest BCUT2D eigenvalue weighted by Gasteiger charge is 2.30. The monoisotopic (exact) mass is 289 g/mol. The van der Waals surface area contributed by atoms with Gasteiger partial charge in [0.2, 0.25) is 11.8 Å². The van der Waals surface area contributed by atoms with Crippen molar-refractivity contribution in [2.45, 2.75) is 32.4 Å². The van der Waals surface area contributed by atoms with Crippen LogP contribution in [-0.4, -0.2) is 42.9 Å². The highest BCUT2D eigenvalue weighted by molar-refractivity contribution is 5.83. The second kappa shape index (κ2) is 7.22. The molecule has 0 bridgehead atoms. The first-order valence-electron chi connectivity index (χ1n) is 7.38. The summed E-state index contributed by atoms with van der Waals surface area (Å²) in [7, 11) is 1.64. The normalized spacial score (nSPS) is 18.5. The molecule has 0 radical (unpaired) electrons. The zero-order valence-electron chi connectivity index (χ0n) is 12.7. The number of nitrogens with zero attached hydrogens (tertiary/aromatic N) is 1. The quantitative estimate of drug-likeness (QED) is 0.844. The Balaban J connectivity index is 1.84. The molecule has 2 rings (SSSR count). The lowest BCUT2D eigenvalue weighted by Crippen LogP contribution is -2.46. The molecular formula is C16H23N3O2. The largest absolute Gasteiger partial charge is 0.358 e. The minimum atomic E-state index is -0.167. The number of likely N-dealkylation sites (N-methyl/N-ethyl adjacent to an activating group) is 1. The lowest BCUT2D eigenvalue weighted by molar-refractivity contribution is -0.127. The van der Waals surface area contributed by atoms with Crippen molar-refractivity contribution >= 4 is 11.8 Å². The Morgan fingerprint density at radius 3 is 2.81 bits per heavy atom. The van der Waals surface area contributed by atoms with Crippen molar-refractivity contribution in [3.05, 3.63) is 35.4 Å². The lowest BCUT2D eigenvalue weighted by Gasteiger charge is -2.22. The molecule has 1 aliphatic heterocycles. The molecule has 0 saturated carbocycles. The maximum Gasteiger partial charge on any atom is 0.237 e. The van der Waals surface area contributed by atoms with Crippen LogP contribution in [-0.2, 0) is 16.1 Å². The average molecular weight is 289 g/mol. The van der Waals surface area contributed by atoms with Gasteiger partial charge in [-0.25, -0.2) is 0 Å². The zero-order valence-corrected chi connectivity index (χ0v) is 12.7. The van der Waals surface area contributed by atoms with Crippen LogP contribution in [0.1, 0.15) is 24.0 Å². The van der Waals surface area contributed by atoms with Crippen LogP contribution in [0, 0.1) is 6.92 Å². The molecule has 0 aliphatic carbocycles. The lowest BCUT2D eigenvalue weighted by atomic mass is 10.1. The standard InChI is InChI=1S/C16H23N3O2/c1-12-6-3-4-7-13(12)10-18-15(20)11-19-9-5-8-14(19)16(21)17-2/h3-4,6-7,14H,5,8-11H2,1-2H3,(H,17,21)(H,18,20)/t14-/m1/s1. The van der Waals surface area contributed by atoms with Gasteiger partial charge in [0.25, 0.3) is 0 Å². The summed E-state index contributed by atoms with van der Waals surface area (Å²) in [4.78, 5) is 25.8. The Bertz CT molecular complexity index is 516. The molecule has 0 aromatic heterocycles. The molecule has 2 amide bonds. The van der Waals surface area contributed by atoms with Crippen molar-refractivity contribution in [1.29, 1.82) is 0 Å². The van der Waals surface area contributed by atoms with Crippen molar-refractivity contribution < 1.29 is 9.59 Å². The fourth-order valence-electron chi connectivity index (χ4n) is 2.72. The molecule has 1 heterocycles. The predicted octanol–water partition coefficient (Wildman–Crippen LogP) is 0.822. The Hall–Kier alpha value is -1.88. The molecule has 1 aromatic rings. The van der Waals surface area contributed by atoms with E-state index in [0.29, 0.717) is 6.54 Å². The van der Waals surface area contributed by atoms with Gasteiger partial charge in [0.1, 0.15) is 0 Å². The van der Waals surface area contributed by atoms with E-state index in [-0.39, 0.29) is 24.4 Å². The smallest absolute Gasteiger partial charge is 0.237 e. The number of carbonyl (C=O) groups is 2. The number of hydrogen-bond acceptors (Lipinski definition) is 3. The third-order valence-electron chi connectivity index (χ3n) is 4.00. The summed E-state index contributed by atoms with van der Waals surface area (Å²) >= 11 is 0. The number of likely N-dealkylation sites (tertiary alicyclic amines) is 1. The van der Waals surface area contributed by atoms with Gasteiger partial charge >= 0.3 is 0 Å². The molecule has 1 saturated heterocycles. The van der Waals surface area contributed by atoms with Crippen molar-refractivity contribution in [3.8, 4) is 0 Å². The topological polar surface area (TPSA) is 61.4 Å². The Morgan fingerprint density at radius 1 is 1.33 bits per heavy atom. The summed E-state index contributed by atoms with van der Waals surface area (Å²) in [5, 5.41) is 5.59. The molecule has 1 atom stereocenters. The third kappa shape index (κ3) is 4.04. The van der Waals surface area contributed by atoms with Gasteiger partial charge in [-0.15, -0.1) is 0 Å². The van der Waals surface area contributed by atoms with Crippen LogP contribution in [0.4, 0.5) is 0 Å². The number of benzene rings is 1. The molecule has 0 unspecified atom stereocenters. The number of carbonyl (C=O) groups excluding carboxylic acids is 2. The van der Waals surface area contributed by atoms with Gasteiger partial charge in [0.15, 0.2) is 0 Å². The van der Waals surface area contributed by atoms with E-state index < -0.39 is 0 Å². The van der Waals surface area contributed by atoms with Gasteiger partial charge in [0.05, 0.1) is 12.6 Å². The number of hydrogen-bond donors (Lipinski definition) is 2. The van der Waals surface area contributed by atoms with Crippen LogP contribution in [0.15, 0.2) is 24.3 Å². The summed E-state index contributed by atoms with van der Waals surface area (Å²) in [6, 6.07) is 7.83.